The van der Waals surface area contributed by atoms with Crippen LogP contribution in [-0.2, 0) is 13.1 Å². The predicted molar refractivity (Wildman–Crippen MR) is 93.5 cm³/mol. The lowest BCUT2D eigenvalue weighted by molar-refractivity contribution is 0.215. The molecule has 0 amide bonds. The van der Waals surface area contributed by atoms with Gasteiger partial charge in [-0.3, -0.25) is 0 Å². The first-order chi connectivity index (χ1) is 10.1. The molecule has 0 spiro atoms. The van der Waals surface area contributed by atoms with Crippen LogP contribution in [0.3, 0.4) is 0 Å². The van der Waals surface area contributed by atoms with Gasteiger partial charge >= 0.3 is 0 Å². The number of benzene rings is 1. The lowest BCUT2D eigenvalue weighted by atomic mass is 10.1. The van der Waals surface area contributed by atoms with Gasteiger partial charge in [-0.2, -0.15) is 0 Å². The first-order valence-electron chi connectivity index (χ1n) is 7.97. The second-order valence-corrected chi connectivity index (χ2v) is 7.03. The minimum absolute atomic E-state index is 0.724. The van der Waals surface area contributed by atoms with Crippen LogP contribution in [0.25, 0.3) is 0 Å². The standard InChI is InChI=1S/C17H28BrN3/c1-4-19-11-14-7-8-15(17(18)10-14)12-20(2)13-16-6-5-9-21(16)3/h7-8,10,16,19H,4-6,9,11-13H2,1-3H3. The van der Waals surface area contributed by atoms with Gasteiger partial charge in [0, 0.05) is 30.1 Å². The molecule has 21 heavy (non-hydrogen) atoms. The van der Waals surface area contributed by atoms with E-state index in [1.807, 2.05) is 0 Å². The number of hydrogen-bond donors (Lipinski definition) is 1. The maximum atomic E-state index is 3.73. The van der Waals surface area contributed by atoms with Gasteiger partial charge in [-0.15, -0.1) is 0 Å². The summed E-state index contributed by atoms with van der Waals surface area (Å²) >= 11 is 3.73. The van der Waals surface area contributed by atoms with Gasteiger partial charge in [0.1, 0.15) is 0 Å². The van der Waals surface area contributed by atoms with Gasteiger partial charge in [0.15, 0.2) is 0 Å². The predicted octanol–water partition coefficient (Wildman–Crippen LogP) is 3.08. The molecule has 1 aromatic rings. The van der Waals surface area contributed by atoms with E-state index >= 15 is 0 Å². The maximum absolute atomic E-state index is 3.73. The number of likely N-dealkylation sites (tertiary alicyclic amines) is 1. The number of rotatable bonds is 7. The van der Waals surface area contributed by atoms with Crippen LogP contribution >= 0.6 is 15.9 Å². The minimum Gasteiger partial charge on any atom is -0.313 e. The number of nitrogens with zero attached hydrogens (tertiary/aromatic N) is 2. The fourth-order valence-electron chi connectivity index (χ4n) is 3.02. The van der Waals surface area contributed by atoms with E-state index in [0.29, 0.717) is 0 Å². The van der Waals surface area contributed by atoms with E-state index < -0.39 is 0 Å². The zero-order chi connectivity index (χ0) is 15.2. The van der Waals surface area contributed by atoms with Crippen LogP contribution in [0.1, 0.15) is 30.9 Å². The largest absolute Gasteiger partial charge is 0.313 e. The molecule has 1 N–H and O–H groups in total. The Morgan fingerprint density at radius 1 is 1.43 bits per heavy atom. The van der Waals surface area contributed by atoms with E-state index in [9.17, 15) is 0 Å². The van der Waals surface area contributed by atoms with Crippen LogP contribution in [0.2, 0.25) is 0 Å². The molecule has 0 radical (unpaired) electrons. The quantitative estimate of drug-likeness (QED) is 0.812. The van der Waals surface area contributed by atoms with Crippen LogP contribution in [0.15, 0.2) is 22.7 Å². The maximum Gasteiger partial charge on any atom is 0.0242 e. The smallest absolute Gasteiger partial charge is 0.0242 e. The Kier molecular flexibility index (Phi) is 6.68. The van der Waals surface area contributed by atoms with Crippen molar-refractivity contribution in [3.8, 4) is 0 Å². The Labute approximate surface area is 137 Å². The van der Waals surface area contributed by atoms with Crippen molar-refractivity contribution in [3.05, 3.63) is 33.8 Å². The van der Waals surface area contributed by atoms with Gasteiger partial charge in [0.05, 0.1) is 0 Å². The Balaban J connectivity index is 1.89. The number of likely N-dealkylation sites (N-methyl/N-ethyl adjacent to an activating group) is 2. The summed E-state index contributed by atoms with van der Waals surface area (Å²) in [5.41, 5.74) is 2.71. The summed E-state index contributed by atoms with van der Waals surface area (Å²) in [4.78, 5) is 4.93. The molecule has 1 heterocycles. The van der Waals surface area contributed by atoms with E-state index in [-0.39, 0.29) is 0 Å². The first-order valence-corrected chi connectivity index (χ1v) is 8.76. The number of hydrogen-bond acceptors (Lipinski definition) is 3. The Morgan fingerprint density at radius 3 is 2.86 bits per heavy atom. The van der Waals surface area contributed by atoms with Gasteiger partial charge in [-0.05, 0) is 57.2 Å². The van der Waals surface area contributed by atoms with Crippen molar-refractivity contribution in [3.63, 3.8) is 0 Å². The summed E-state index contributed by atoms with van der Waals surface area (Å²) in [6, 6.07) is 7.46. The fraction of sp³-hybridized carbons (Fsp3) is 0.647. The van der Waals surface area contributed by atoms with Crippen molar-refractivity contribution in [1.82, 2.24) is 15.1 Å². The van der Waals surface area contributed by atoms with Crippen molar-refractivity contribution >= 4 is 15.9 Å². The normalized spacial score (nSPS) is 19.6. The molecule has 4 heteroatoms. The minimum atomic E-state index is 0.724. The molecule has 1 unspecified atom stereocenters. The van der Waals surface area contributed by atoms with Gasteiger partial charge in [0.25, 0.3) is 0 Å². The van der Waals surface area contributed by atoms with Crippen LogP contribution in [-0.4, -0.2) is 49.6 Å². The van der Waals surface area contributed by atoms with Crippen LogP contribution in [0.5, 0.6) is 0 Å². The molecule has 1 aliphatic rings. The third-order valence-electron chi connectivity index (χ3n) is 4.33. The first kappa shape index (κ1) is 16.9. The molecule has 2 rings (SSSR count). The van der Waals surface area contributed by atoms with Crippen LogP contribution < -0.4 is 5.32 Å². The summed E-state index contributed by atoms with van der Waals surface area (Å²) in [5.74, 6) is 0. The molecule has 0 aromatic heterocycles. The van der Waals surface area contributed by atoms with Gasteiger partial charge < -0.3 is 15.1 Å². The summed E-state index contributed by atoms with van der Waals surface area (Å²) < 4.78 is 1.23. The summed E-state index contributed by atoms with van der Waals surface area (Å²) in [5, 5.41) is 3.37. The Hall–Kier alpha value is -0.420. The monoisotopic (exact) mass is 353 g/mol. The van der Waals surface area contributed by atoms with Gasteiger partial charge in [-0.1, -0.05) is 35.0 Å². The lowest BCUT2D eigenvalue weighted by Gasteiger charge is -2.26. The molecule has 1 fully saturated rings. The van der Waals surface area contributed by atoms with Crippen molar-refractivity contribution in [1.29, 1.82) is 0 Å². The van der Waals surface area contributed by atoms with Crippen molar-refractivity contribution < 1.29 is 0 Å². The molecule has 0 saturated carbocycles. The molecule has 1 saturated heterocycles. The highest BCUT2D eigenvalue weighted by atomic mass is 79.9. The third kappa shape index (κ3) is 5.06. The highest BCUT2D eigenvalue weighted by Gasteiger charge is 2.22. The summed E-state index contributed by atoms with van der Waals surface area (Å²) in [6.45, 7) is 7.50. The molecular weight excluding hydrogens is 326 g/mol. The molecule has 3 nitrogen and oxygen atoms in total. The highest BCUT2D eigenvalue weighted by Crippen LogP contribution is 2.21. The van der Waals surface area contributed by atoms with E-state index in [2.05, 4.69) is 70.3 Å². The molecule has 1 atom stereocenters. The third-order valence-corrected chi connectivity index (χ3v) is 5.07. The molecule has 0 aliphatic carbocycles. The molecule has 118 valence electrons. The second kappa shape index (κ2) is 8.28. The molecule has 1 aliphatic heterocycles. The zero-order valence-electron chi connectivity index (χ0n) is 13.5. The molecule has 0 bridgehead atoms. The Morgan fingerprint density at radius 2 is 2.24 bits per heavy atom. The van der Waals surface area contributed by atoms with E-state index in [0.717, 1.165) is 32.2 Å². The summed E-state index contributed by atoms with van der Waals surface area (Å²) in [6.07, 6.45) is 2.68. The van der Waals surface area contributed by atoms with Crippen molar-refractivity contribution in [2.75, 3.05) is 33.7 Å². The average molecular weight is 354 g/mol. The van der Waals surface area contributed by atoms with E-state index in [1.165, 1.54) is 35.0 Å². The highest BCUT2D eigenvalue weighted by molar-refractivity contribution is 9.10. The van der Waals surface area contributed by atoms with E-state index in [4.69, 9.17) is 0 Å². The Bertz CT molecular complexity index is 450. The second-order valence-electron chi connectivity index (χ2n) is 6.18. The van der Waals surface area contributed by atoms with Crippen molar-refractivity contribution in [2.24, 2.45) is 0 Å². The van der Waals surface area contributed by atoms with Crippen LogP contribution in [0, 0.1) is 0 Å². The fourth-order valence-corrected chi connectivity index (χ4v) is 3.57. The lowest BCUT2D eigenvalue weighted by Crippen LogP contribution is -2.36. The van der Waals surface area contributed by atoms with Gasteiger partial charge in [-0.25, -0.2) is 0 Å². The molecular formula is C17H28BrN3. The van der Waals surface area contributed by atoms with Crippen molar-refractivity contribution in [2.45, 2.75) is 38.9 Å². The molecule has 1 aromatic carbocycles. The SMILES string of the molecule is CCNCc1ccc(CN(C)CC2CCCN2C)c(Br)c1. The number of halogens is 1. The number of nitrogens with one attached hydrogen (secondary N) is 1. The van der Waals surface area contributed by atoms with E-state index in [1.54, 1.807) is 0 Å². The summed E-state index contributed by atoms with van der Waals surface area (Å²) in [7, 11) is 4.47. The van der Waals surface area contributed by atoms with Gasteiger partial charge in [0.2, 0.25) is 0 Å². The zero-order valence-corrected chi connectivity index (χ0v) is 15.1. The van der Waals surface area contributed by atoms with Crippen LogP contribution in [0.4, 0.5) is 0 Å². The average Bonchev–Trinajstić information content (AvgIpc) is 2.84. The topological polar surface area (TPSA) is 18.5 Å².